The molecule has 0 fully saturated rings. The number of carbonyl (C=O) groups is 3. The van der Waals surface area contributed by atoms with Crippen molar-refractivity contribution < 1.29 is 42.9 Å². The number of unbranched alkanes of at least 4 members (excludes halogenated alkanes) is 13. The van der Waals surface area contributed by atoms with Gasteiger partial charge in [0.05, 0.1) is 34.4 Å². The molecule has 9 nitrogen and oxygen atoms in total. The summed E-state index contributed by atoms with van der Waals surface area (Å²) in [7, 11) is 5.94. The van der Waals surface area contributed by atoms with Crippen LogP contribution in [0.4, 0.5) is 0 Å². The van der Waals surface area contributed by atoms with Gasteiger partial charge in [0.15, 0.2) is 6.10 Å². The fraction of sp³-hybridized carbons (Fsp3) is 0.638. The van der Waals surface area contributed by atoms with Gasteiger partial charge in [-0.1, -0.05) is 181 Å². The van der Waals surface area contributed by atoms with Crippen LogP contribution >= 0.6 is 0 Å². The smallest absolute Gasteiger partial charge is 0.361 e. The number of esters is 2. The lowest BCUT2D eigenvalue weighted by Gasteiger charge is -2.25. The van der Waals surface area contributed by atoms with E-state index in [0.717, 1.165) is 122 Å². The molecule has 0 aromatic rings. The molecule has 380 valence electrons. The van der Waals surface area contributed by atoms with Gasteiger partial charge in [0.1, 0.15) is 13.2 Å². The second kappa shape index (κ2) is 48.4. The molecule has 0 heterocycles. The molecular weight excluding hydrogens is 839 g/mol. The number of aliphatic carboxylic acids is 1. The molecule has 0 aliphatic carbocycles. The maximum absolute atomic E-state index is 12.8. The Morgan fingerprint density at radius 3 is 1.19 bits per heavy atom. The number of quaternary nitrogens is 1. The first kappa shape index (κ1) is 63.0. The number of carboxylic acid groups (broad SMARTS) is 1. The van der Waals surface area contributed by atoms with Crippen molar-refractivity contribution in [2.24, 2.45) is 0 Å². The van der Waals surface area contributed by atoms with E-state index in [1.807, 2.05) is 21.1 Å². The number of hydrogen-bond acceptors (Lipinski definition) is 7. The van der Waals surface area contributed by atoms with E-state index in [0.29, 0.717) is 17.4 Å². The number of carboxylic acids is 1. The number of carbonyl (C=O) groups excluding carboxylic acids is 2. The van der Waals surface area contributed by atoms with Crippen LogP contribution in [0.25, 0.3) is 0 Å². The Hall–Kier alpha value is -4.05. The fourth-order valence-electron chi connectivity index (χ4n) is 6.56. The van der Waals surface area contributed by atoms with Gasteiger partial charge in [-0.2, -0.15) is 0 Å². The lowest BCUT2D eigenvalue weighted by Crippen LogP contribution is -2.40. The standard InChI is InChI=1S/C58H95NO8/c1-6-8-10-12-14-16-18-20-22-23-24-25-26-27-28-29-30-31-32-33-35-37-39-41-43-45-47-49-56(61)67-54(53-66-58(57(62)63)64-51-50-59(3,4)5)52-65-55(60)48-46-44-42-40-38-36-34-21-19-17-15-13-11-9-7-2/h8-11,14-17,20-22,24-25,27-28,30-31,34,54,58H,6-7,12-13,18-19,23,26,29,32-33,35-53H2,1-5H3/p+1/b10-8-,11-9-,16-14-,17-15-,22-20-,25-24-,28-27-,31-30-,34-21-. The van der Waals surface area contributed by atoms with E-state index in [1.54, 1.807) is 0 Å². The number of allylic oxidation sites excluding steroid dienone is 18. The first-order chi connectivity index (χ1) is 32.6. The third kappa shape index (κ3) is 49.7. The van der Waals surface area contributed by atoms with Crippen LogP contribution in [0.5, 0.6) is 0 Å². The van der Waals surface area contributed by atoms with Crippen molar-refractivity contribution in [1.29, 1.82) is 0 Å². The topological polar surface area (TPSA) is 108 Å². The van der Waals surface area contributed by atoms with E-state index < -0.39 is 24.3 Å². The van der Waals surface area contributed by atoms with E-state index in [-0.39, 0.29) is 38.6 Å². The van der Waals surface area contributed by atoms with Crippen LogP contribution in [0.3, 0.4) is 0 Å². The highest BCUT2D eigenvalue weighted by molar-refractivity contribution is 5.71. The molecule has 0 bridgehead atoms. The van der Waals surface area contributed by atoms with E-state index in [4.69, 9.17) is 18.9 Å². The van der Waals surface area contributed by atoms with E-state index >= 15 is 0 Å². The molecule has 9 heteroatoms. The normalized spacial score (nSPS) is 13.7. The summed E-state index contributed by atoms with van der Waals surface area (Å²) in [5, 5.41) is 9.67. The molecule has 67 heavy (non-hydrogen) atoms. The van der Waals surface area contributed by atoms with Gasteiger partial charge in [-0.05, 0) is 96.3 Å². The predicted molar refractivity (Wildman–Crippen MR) is 281 cm³/mol. The van der Waals surface area contributed by atoms with Crippen LogP contribution in [0.15, 0.2) is 109 Å². The number of likely N-dealkylation sites (N-methyl/N-ethyl adjacent to an activating group) is 1. The second-order valence-corrected chi connectivity index (χ2v) is 18.1. The van der Waals surface area contributed by atoms with Crippen molar-refractivity contribution in [3.63, 3.8) is 0 Å². The molecule has 0 saturated carbocycles. The van der Waals surface area contributed by atoms with Gasteiger partial charge in [-0.15, -0.1) is 0 Å². The number of nitrogens with zero attached hydrogens (tertiary/aromatic N) is 1. The van der Waals surface area contributed by atoms with Crippen molar-refractivity contribution in [2.45, 2.75) is 193 Å². The number of hydrogen-bond donors (Lipinski definition) is 1. The molecule has 0 aromatic heterocycles. The molecular formula is C58H96NO8+. The monoisotopic (exact) mass is 935 g/mol. The second-order valence-electron chi connectivity index (χ2n) is 18.1. The quantitative estimate of drug-likeness (QED) is 0.0211. The van der Waals surface area contributed by atoms with Crippen molar-refractivity contribution in [3.05, 3.63) is 109 Å². The zero-order chi connectivity index (χ0) is 49.2. The van der Waals surface area contributed by atoms with Gasteiger partial charge in [-0.3, -0.25) is 9.59 Å². The average Bonchev–Trinajstić information content (AvgIpc) is 3.29. The zero-order valence-corrected chi connectivity index (χ0v) is 43.0. The minimum Gasteiger partial charge on any atom is -0.477 e. The van der Waals surface area contributed by atoms with Crippen molar-refractivity contribution >= 4 is 17.9 Å². The number of ether oxygens (including phenoxy) is 4. The summed E-state index contributed by atoms with van der Waals surface area (Å²) in [5.74, 6) is -2.06. The summed E-state index contributed by atoms with van der Waals surface area (Å²) in [6.07, 6.45) is 63.0. The predicted octanol–water partition coefficient (Wildman–Crippen LogP) is 14.8. The van der Waals surface area contributed by atoms with Crippen LogP contribution in [-0.2, 0) is 33.3 Å². The SMILES string of the molecule is CC/C=C\C/C=C\C/C=C\C/C=C\C/C=C\C/C=C\CCCCCCCCCCC(=O)OC(COC(=O)CCCCCCC/C=C\C/C=C\C/C=C\CC)COC(OCC[N+](C)(C)C)C(=O)O. The van der Waals surface area contributed by atoms with E-state index in [1.165, 1.54) is 25.7 Å². The minimum atomic E-state index is -1.52. The summed E-state index contributed by atoms with van der Waals surface area (Å²) in [6, 6.07) is 0. The minimum absolute atomic E-state index is 0.177. The van der Waals surface area contributed by atoms with Crippen LogP contribution in [0.1, 0.15) is 181 Å². The first-order valence-electron chi connectivity index (χ1n) is 26.1. The Labute approximate surface area is 409 Å². The molecule has 0 radical (unpaired) electrons. The lowest BCUT2D eigenvalue weighted by atomic mass is 10.1. The van der Waals surface area contributed by atoms with Gasteiger partial charge in [0.2, 0.25) is 0 Å². The largest absolute Gasteiger partial charge is 0.477 e. The Morgan fingerprint density at radius 1 is 0.448 bits per heavy atom. The summed E-state index contributed by atoms with van der Waals surface area (Å²) in [6.45, 7) is 4.59. The molecule has 0 aliphatic rings. The van der Waals surface area contributed by atoms with Crippen LogP contribution in [0, 0.1) is 0 Å². The van der Waals surface area contributed by atoms with Gasteiger partial charge in [-0.25, -0.2) is 4.79 Å². The highest BCUT2D eigenvalue weighted by atomic mass is 16.7. The molecule has 2 atom stereocenters. The molecule has 0 aliphatic heterocycles. The molecule has 2 unspecified atom stereocenters. The number of rotatable bonds is 46. The maximum Gasteiger partial charge on any atom is 0.361 e. The van der Waals surface area contributed by atoms with Crippen LogP contribution < -0.4 is 0 Å². The molecule has 0 amide bonds. The van der Waals surface area contributed by atoms with Crippen LogP contribution in [-0.4, -0.2) is 87.4 Å². The summed E-state index contributed by atoms with van der Waals surface area (Å²) >= 11 is 0. The Balaban J connectivity index is 4.35. The Kier molecular flexibility index (Phi) is 45.5. The third-order valence-corrected chi connectivity index (χ3v) is 10.5. The molecule has 0 saturated heterocycles. The molecule has 1 N–H and O–H groups in total. The summed E-state index contributed by atoms with van der Waals surface area (Å²) < 4.78 is 22.8. The van der Waals surface area contributed by atoms with Crippen molar-refractivity contribution in [2.75, 3.05) is 47.5 Å². The van der Waals surface area contributed by atoms with E-state index in [2.05, 4.69) is 123 Å². The van der Waals surface area contributed by atoms with Crippen LogP contribution in [0.2, 0.25) is 0 Å². The van der Waals surface area contributed by atoms with Gasteiger partial charge in [0, 0.05) is 12.8 Å². The van der Waals surface area contributed by atoms with Crippen molar-refractivity contribution in [1.82, 2.24) is 0 Å². The van der Waals surface area contributed by atoms with Crippen molar-refractivity contribution in [3.8, 4) is 0 Å². The van der Waals surface area contributed by atoms with E-state index in [9.17, 15) is 19.5 Å². The summed E-state index contributed by atoms with van der Waals surface area (Å²) in [4.78, 5) is 37.3. The van der Waals surface area contributed by atoms with Gasteiger partial charge < -0.3 is 28.5 Å². The summed E-state index contributed by atoms with van der Waals surface area (Å²) in [5.41, 5.74) is 0. The average molecular weight is 935 g/mol. The Morgan fingerprint density at radius 2 is 0.806 bits per heavy atom. The fourth-order valence-corrected chi connectivity index (χ4v) is 6.56. The highest BCUT2D eigenvalue weighted by Gasteiger charge is 2.25. The Bertz CT molecular complexity index is 1460. The molecule has 0 rings (SSSR count). The third-order valence-electron chi connectivity index (χ3n) is 10.5. The van der Waals surface area contributed by atoms with Gasteiger partial charge >= 0.3 is 17.9 Å². The first-order valence-corrected chi connectivity index (χ1v) is 26.1. The molecule has 0 spiro atoms. The molecule has 0 aromatic carbocycles. The maximum atomic E-state index is 12.8. The lowest BCUT2D eigenvalue weighted by molar-refractivity contribution is -0.870. The van der Waals surface area contributed by atoms with Gasteiger partial charge in [0.25, 0.3) is 6.29 Å². The highest BCUT2D eigenvalue weighted by Crippen LogP contribution is 2.14. The zero-order valence-electron chi connectivity index (χ0n) is 43.0.